The number of carbonyl (C=O) groups excluding carboxylic acids is 1. The Morgan fingerprint density at radius 1 is 1.35 bits per heavy atom. The molecule has 2 rings (SSSR count). The van der Waals surface area contributed by atoms with Crippen LogP contribution in [0.1, 0.15) is 28.8 Å². The molecule has 0 aliphatic rings. The van der Waals surface area contributed by atoms with E-state index in [-0.39, 0.29) is 5.78 Å². The number of ketones is 1. The SMILES string of the molecule is CCc1ccc(C(=O)c2ccc(Cl)c(N)c2)o1. The van der Waals surface area contributed by atoms with Crippen LogP contribution in [0.25, 0.3) is 0 Å². The summed E-state index contributed by atoms with van der Waals surface area (Å²) in [6.45, 7) is 1.97. The zero-order valence-electron chi connectivity index (χ0n) is 9.37. The number of nitrogens with two attached hydrogens (primary N) is 1. The highest BCUT2D eigenvalue weighted by Crippen LogP contribution is 2.22. The Balaban J connectivity index is 2.33. The highest BCUT2D eigenvalue weighted by molar-refractivity contribution is 6.33. The van der Waals surface area contributed by atoms with E-state index in [4.69, 9.17) is 21.8 Å². The number of anilines is 1. The molecule has 0 aliphatic heterocycles. The molecule has 0 saturated carbocycles. The Hall–Kier alpha value is -1.74. The second kappa shape index (κ2) is 4.63. The number of benzene rings is 1. The van der Waals surface area contributed by atoms with Crippen molar-refractivity contribution in [3.63, 3.8) is 0 Å². The summed E-state index contributed by atoms with van der Waals surface area (Å²) in [6, 6.07) is 8.26. The summed E-state index contributed by atoms with van der Waals surface area (Å²) in [5.41, 5.74) is 6.52. The van der Waals surface area contributed by atoms with Gasteiger partial charge in [-0.2, -0.15) is 0 Å². The van der Waals surface area contributed by atoms with E-state index in [1.807, 2.05) is 6.92 Å². The Bertz CT molecular complexity index is 560. The molecule has 0 atom stereocenters. The van der Waals surface area contributed by atoms with Crippen LogP contribution in [-0.2, 0) is 6.42 Å². The van der Waals surface area contributed by atoms with Crippen LogP contribution in [0.3, 0.4) is 0 Å². The molecule has 17 heavy (non-hydrogen) atoms. The summed E-state index contributed by atoms with van der Waals surface area (Å²) in [5, 5.41) is 0.440. The fourth-order valence-electron chi connectivity index (χ4n) is 1.52. The topological polar surface area (TPSA) is 56.2 Å². The minimum Gasteiger partial charge on any atom is -0.458 e. The number of hydrogen-bond acceptors (Lipinski definition) is 3. The predicted octanol–water partition coefficient (Wildman–Crippen LogP) is 3.31. The fourth-order valence-corrected chi connectivity index (χ4v) is 1.63. The van der Waals surface area contributed by atoms with Crippen LogP contribution in [0.15, 0.2) is 34.7 Å². The monoisotopic (exact) mass is 249 g/mol. The minimum absolute atomic E-state index is 0.187. The standard InChI is InChI=1S/C13H12ClNO2/c1-2-9-4-6-12(17-9)13(16)8-3-5-10(14)11(15)7-8/h3-7H,2,15H2,1H3. The fraction of sp³-hybridized carbons (Fsp3) is 0.154. The summed E-state index contributed by atoms with van der Waals surface area (Å²) in [6.07, 6.45) is 0.760. The van der Waals surface area contributed by atoms with Crippen molar-refractivity contribution in [1.82, 2.24) is 0 Å². The van der Waals surface area contributed by atoms with E-state index in [2.05, 4.69) is 0 Å². The average Bonchev–Trinajstić information content (AvgIpc) is 2.80. The zero-order valence-corrected chi connectivity index (χ0v) is 10.1. The molecule has 1 aromatic carbocycles. The second-order valence-electron chi connectivity index (χ2n) is 3.68. The van der Waals surface area contributed by atoms with Crippen LogP contribution in [-0.4, -0.2) is 5.78 Å². The van der Waals surface area contributed by atoms with E-state index >= 15 is 0 Å². The largest absolute Gasteiger partial charge is 0.458 e. The summed E-state index contributed by atoms with van der Waals surface area (Å²) >= 11 is 5.80. The van der Waals surface area contributed by atoms with Crippen LogP contribution in [0.4, 0.5) is 5.69 Å². The van der Waals surface area contributed by atoms with Crippen LogP contribution >= 0.6 is 11.6 Å². The van der Waals surface area contributed by atoms with Crippen molar-refractivity contribution in [2.75, 3.05) is 5.73 Å². The van der Waals surface area contributed by atoms with Gasteiger partial charge in [0.05, 0.1) is 10.7 Å². The number of carbonyl (C=O) groups is 1. The molecule has 3 nitrogen and oxygen atoms in total. The van der Waals surface area contributed by atoms with Gasteiger partial charge in [-0.05, 0) is 30.3 Å². The maximum Gasteiger partial charge on any atom is 0.228 e. The summed E-state index contributed by atoms with van der Waals surface area (Å²) in [4.78, 5) is 12.0. The Labute approximate surface area is 104 Å². The third-order valence-corrected chi connectivity index (χ3v) is 2.84. The first-order valence-electron chi connectivity index (χ1n) is 5.30. The molecule has 0 unspecified atom stereocenters. The molecule has 0 amide bonds. The minimum atomic E-state index is -0.187. The molecule has 0 fully saturated rings. The van der Waals surface area contributed by atoms with Crippen molar-refractivity contribution >= 4 is 23.1 Å². The maximum absolute atomic E-state index is 12.0. The summed E-state index contributed by atoms with van der Waals surface area (Å²) in [7, 11) is 0. The first-order valence-corrected chi connectivity index (χ1v) is 5.68. The summed E-state index contributed by atoms with van der Waals surface area (Å²) in [5.74, 6) is 0.923. The number of furan rings is 1. The van der Waals surface area contributed by atoms with Crippen molar-refractivity contribution in [3.05, 3.63) is 52.4 Å². The molecule has 0 spiro atoms. The van der Waals surface area contributed by atoms with Crippen molar-refractivity contribution in [2.24, 2.45) is 0 Å². The van der Waals surface area contributed by atoms with Crippen molar-refractivity contribution < 1.29 is 9.21 Å². The van der Waals surface area contributed by atoms with Gasteiger partial charge in [0.25, 0.3) is 0 Å². The Morgan fingerprint density at radius 2 is 2.12 bits per heavy atom. The third-order valence-electron chi connectivity index (χ3n) is 2.49. The number of nitrogen functional groups attached to an aromatic ring is 1. The van der Waals surface area contributed by atoms with E-state index < -0.39 is 0 Å². The zero-order chi connectivity index (χ0) is 12.4. The molecule has 0 radical (unpaired) electrons. The molecule has 2 N–H and O–H groups in total. The lowest BCUT2D eigenvalue weighted by Gasteiger charge is -2.01. The normalized spacial score (nSPS) is 10.5. The van der Waals surface area contributed by atoms with Gasteiger partial charge in [-0.1, -0.05) is 18.5 Å². The first kappa shape index (κ1) is 11.7. The van der Waals surface area contributed by atoms with Crippen molar-refractivity contribution in [1.29, 1.82) is 0 Å². The lowest BCUT2D eigenvalue weighted by atomic mass is 10.1. The maximum atomic E-state index is 12.0. The molecule has 88 valence electrons. The van der Waals surface area contributed by atoms with Gasteiger partial charge >= 0.3 is 0 Å². The second-order valence-corrected chi connectivity index (χ2v) is 4.09. The molecule has 1 aromatic heterocycles. The van der Waals surface area contributed by atoms with Gasteiger partial charge in [0.2, 0.25) is 5.78 Å². The molecular formula is C13H12ClNO2. The smallest absolute Gasteiger partial charge is 0.228 e. The number of aryl methyl sites for hydroxylation is 1. The molecule has 4 heteroatoms. The average molecular weight is 250 g/mol. The Morgan fingerprint density at radius 3 is 2.71 bits per heavy atom. The third kappa shape index (κ3) is 2.34. The van der Waals surface area contributed by atoms with Gasteiger partial charge in [0.1, 0.15) is 5.76 Å². The van der Waals surface area contributed by atoms with Crippen LogP contribution in [0.2, 0.25) is 5.02 Å². The number of halogens is 1. The van der Waals surface area contributed by atoms with Crippen LogP contribution in [0.5, 0.6) is 0 Å². The van der Waals surface area contributed by atoms with E-state index in [9.17, 15) is 4.79 Å². The van der Waals surface area contributed by atoms with Crippen molar-refractivity contribution in [3.8, 4) is 0 Å². The van der Waals surface area contributed by atoms with E-state index in [0.29, 0.717) is 22.0 Å². The van der Waals surface area contributed by atoms with Gasteiger partial charge in [-0.25, -0.2) is 0 Å². The molecule has 1 heterocycles. The van der Waals surface area contributed by atoms with Crippen molar-refractivity contribution in [2.45, 2.75) is 13.3 Å². The van der Waals surface area contributed by atoms with Gasteiger partial charge in [-0.15, -0.1) is 0 Å². The lowest BCUT2D eigenvalue weighted by molar-refractivity contribution is 0.101. The van der Waals surface area contributed by atoms with Gasteiger partial charge < -0.3 is 10.2 Å². The van der Waals surface area contributed by atoms with Gasteiger partial charge in [0, 0.05) is 12.0 Å². The van der Waals surface area contributed by atoms with Gasteiger partial charge in [0.15, 0.2) is 5.76 Å². The summed E-state index contributed by atoms with van der Waals surface area (Å²) < 4.78 is 5.40. The predicted molar refractivity (Wildman–Crippen MR) is 67.4 cm³/mol. The highest BCUT2D eigenvalue weighted by atomic mass is 35.5. The van der Waals surface area contributed by atoms with Crippen LogP contribution < -0.4 is 5.73 Å². The van der Waals surface area contributed by atoms with E-state index in [1.54, 1.807) is 30.3 Å². The Kier molecular flexibility index (Phi) is 3.20. The lowest BCUT2D eigenvalue weighted by Crippen LogP contribution is -2.00. The quantitative estimate of drug-likeness (QED) is 0.671. The number of rotatable bonds is 3. The molecule has 2 aromatic rings. The van der Waals surface area contributed by atoms with E-state index in [0.717, 1.165) is 12.2 Å². The van der Waals surface area contributed by atoms with Gasteiger partial charge in [-0.3, -0.25) is 4.79 Å². The molecule has 0 saturated heterocycles. The number of hydrogen-bond donors (Lipinski definition) is 1. The van der Waals surface area contributed by atoms with Crippen LogP contribution in [0, 0.1) is 0 Å². The van der Waals surface area contributed by atoms with E-state index in [1.165, 1.54) is 0 Å². The molecular weight excluding hydrogens is 238 g/mol. The first-order chi connectivity index (χ1) is 8.11. The molecule has 0 aliphatic carbocycles. The highest BCUT2D eigenvalue weighted by Gasteiger charge is 2.14. The molecule has 0 bridgehead atoms.